The molecule has 5 atom stereocenters. The van der Waals surface area contributed by atoms with Gasteiger partial charge in [0.2, 0.25) is 0 Å². The maximum absolute atomic E-state index is 13.2. The van der Waals surface area contributed by atoms with Crippen molar-refractivity contribution in [3.05, 3.63) is 23.3 Å². The summed E-state index contributed by atoms with van der Waals surface area (Å²) in [5.74, 6) is -2.85. The Kier molecular flexibility index (Phi) is 8.67. The summed E-state index contributed by atoms with van der Waals surface area (Å²) in [7, 11) is 1.42. The number of epoxide rings is 1. The molecule has 11 heteroatoms. The molecule has 1 aromatic carbocycles. The molecule has 2 aliphatic heterocycles. The molecule has 196 valence electrons. The van der Waals surface area contributed by atoms with Gasteiger partial charge in [-0.1, -0.05) is 0 Å². The number of hydrogen-bond donors (Lipinski definition) is 0. The number of esters is 4. The van der Waals surface area contributed by atoms with Crippen molar-refractivity contribution in [1.82, 2.24) is 0 Å². The van der Waals surface area contributed by atoms with Gasteiger partial charge in [-0.3, -0.25) is 19.2 Å². The molecule has 0 saturated carbocycles. The van der Waals surface area contributed by atoms with Gasteiger partial charge in [-0.05, 0) is 25.8 Å². The molecule has 0 amide bonds. The first-order valence-corrected chi connectivity index (χ1v) is 11.6. The predicted octanol–water partition coefficient (Wildman–Crippen LogP) is 2.61. The van der Waals surface area contributed by atoms with E-state index in [0.29, 0.717) is 24.2 Å². The molecule has 0 aliphatic carbocycles. The number of methoxy groups -OCH3 is 1. The number of ether oxygens (including phenoxy) is 6. The maximum Gasteiger partial charge on any atom is 0.342 e. The lowest BCUT2D eigenvalue weighted by Gasteiger charge is -2.25. The number of ketones is 1. The van der Waals surface area contributed by atoms with Crippen molar-refractivity contribution in [2.24, 2.45) is 0 Å². The van der Waals surface area contributed by atoms with Crippen LogP contribution in [-0.4, -0.2) is 61.2 Å². The van der Waals surface area contributed by atoms with Crippen molar-refractivity contribution in [2.45, 2.75) is 83.9 Å². The van der Waals surface area contributed by atoms with E-state index in [-0.39, 0.29) is 24.2 Å². The SMILES string of the molecule is COc1cc(OC(C)=O)c2c(c1)[C@H]1O[C@@H]1C[C@H](OC(C)=O)[C@H](OC(C)=O)C(=O)CCC[C@H](C)OC2=O. The Hall–Kier alpha value is -3.47. The van der Waals surface area contributed by atoms with Crippen LogP contribution in [0.5, 0.6) is 11.5 Å². The topological polar surface area (TPSA) is 144 Å². The summed E-state index contributed by atoms with van der Waals surface area (Å²) < 4.78 is 32.7. The van der Waals surface area contributed by atoms with E-state index < -0.39 is 60.2 Å². The van der Waals surface area contributed by atoms with Crippen molar-refractivity contribution in [1.29, 1.82) is 0 Å². The van der Waals surface area contributed by atoms with E-state index in [1.807, 2.05) is 0 Å². The highest BCUT2D eigenvalue weighted by molar-refractivity contribution is 5.96. The Balaban J connectivity index is 2.06. The van der Waals surface area contributed by atoms with Crippen LogP contribution < -0.4 is 9.47 Å². The Labute approximate surface area is 208 Å². The van der Waals surface area contributed by atoms with Crippen molar-refractivity contribution >= 4 is 29.7 Å². The molecule has 1 saturated heterocycles. The third-order valence-corrected chi connectivity index (χ3v) is 5.76. The second-order valence-electron chi connectivity index (χ2n) is 8.77. The smallest absolute Gasteiger partial charge is 0.342 e. The largest absolute Gasteiger partial charge is 0.497 e. The van der Waals surface area contributed by atoms with E-state index in [4.69, 9.17) is 28.4 Å². The van der Waals surface area contributed by atoms with Crippen molar-refractivity contribution < 1.29 is 52.4 Å². The molecule has 11 nitrogen and oxygen atoms in total. The Morgan fingerprint density at radius 3 is 2.31 bits per heavy atom. The summed E-state index contributed by atoms with van der Waals surface area (Å²) in [6.07, 6.45) is -3.60. The summed E-state index contributed by atoms with van der Waals surface area (Å²) >= 11 is 0. The lowest BCUT2D eigenvalue weighted by Crippen LogP contribution is -2.41. The van der Waals surface area contributed by atoms with Crippen LogP contribution in [0.3, 0.4) is 0 Å². The molecule has 0 spiro atoms. The van der Waals surface area contributed by atoms with E-state index in [1.54, 1.807) is 13.0 Å². The van der Waals surface area contributed by atoms with Gasteiger partial charge in [-0.2, -0.15) is 0 Å². The first kappa shape index (κ1) is 27.1. The number of cyclic esters (lactones) is 1. The standard InChI is InChI=1S/C25H30O11/c1-12-7-6-8-18(29)24(35-15(4)28)21(34-14(3)27)11-20-23(36-20)17-9-16(31-5)10-19(33-13(2)26)22(17)25(30)32-12/h9-10,12,20-21,23-24H,6-8,11H2,1-5H3/t12-,20+,21-,23+,24+/m0/s1. The number of carbonyl (C=O) groups is 5. The van der Waals surface area contributed by atoms with Gasteiger partial charge in [-0.25, -0.2) is 4.79 Å². The number of benzene rings is 1. The second kappa shape index (κ2) is 11.5. The average molecular weight is 507 g/mol. The van der Waals surface area contributed by atoms with Crippen molar-refractivity contribution in [3.63, 3.8) is 0 Å². The number of hydrogen-bond acceptors (Lipinski definition) is 11. The average Bonchev–Trinajstić information content (AvgIpc) is 3.53. The number of rotatable bonds is 4. The van der Waals surface area contributed by atoms with E-state index >= 15 is 0 Å². The molecule has 36 heavy (non-hydrogen) atoms. The molecule has 3 rings (SSSR count). The quantitative estimate of drug-likeness (QED) is 0.257. The van der Waals surface area contributed by atoms with Gasteiger partial charge in [0.15, 0.2) is 11.9 Å². The van der Waals surface area contributed by atoms with E-state index in [9.17, 15) is 24.0 Å². The normalized spacial score (nSPS) is 26.3. The monoisotopic (exact) mass is 506 g/mol. The minimum atomic E-state index is -1.31. The van der Waals surface area contributed by atoms with Crippen LogP contribution in [0.25, 0.3) is 0 Å². The summed E-state index contributed by atoms with van der Waals surface area (Å²) in [6.45, 7) is 5.23. The molecule has 0 aromatic heterocycles. The van der Waals surface area contributed by atoms with Crippen molar-refractivity contribution in [3.8, 4) is 11.5 Å². The van der Waals surface area contributed by atoms with Crippen LogP contribution in [0.1, 0.15) is 75.4 Å². The minimum absolute atomic E-state index is 0.0128. The molecular weight excluding hydrogens is 476 g/mol. The Morgan fingerprint density at radius 1 is 1.00 bits per heavy atom. The predicted molar refractivity (Wildman–Crippen MR) is 121 cm³/mol. The van der Waals surface area contributed by atoms with E-state index in [1.165, 1.54) is 33.9 Å². The fourth-order valence-corrected chi connectivity index (χ4v) is 4.21. The van der Waals surface area contributed by atoms with Crippen LogP contribution in [-0.2, 0) is 38.1 Å². The fraction of sp³-hybridized carbons (Fsp3) is 0.560. The number of carbonyl (C=O) groups excluding carboxylic acids is 5. The molecule has 2 aliphatic rings. The Morgan fingerprint density at radius 2 is 1.69 bits per heavy atom. The summed E-state index contributed by atoms with van der Waals surface area (Å²) in [5, 5.41) is 0. The van der Waals surface area contributed by atoms with Crippen LogP contribution in [0.4, 0.5) is 0 Å². The molecule has 0 N–H and O–H groups in total. The van der Waals surface area contributed by atoms with Gasteiger partial charge >= 0.3 is 23.9 Å². The highest BCUT2D eigenvalue weighted by Crippen LogP contribution is 2.47. The van der Waals surface area contributed by atoms with E-state index in [0.717, 1.165) is 0 Å². The molecule has 1 fully saturated rings. The van der Waals surface area contributed by atoms with Crippen LogP contribution >= 0.6 is 0 Å². The highest BCUT2D eigenvalue weighted by Gasteiger charge is 2.48. The lowest BCUT2D eigenvalue weighted by molar-refractivity contribution is -0.170. The van der Waals surface area contributed by atoms with Gasteiger partial charge < -0.3 is 28.4 Å². The van der Waals surface area contributed by atoms with Gasteiger partial charge in [-0.15, -0.1) is 0 Å². The van der Waals surface area contributed by atoms with E-state index in [2.05, 4.69) is 0 Å². The van der Waals surface area contributed by atoms with Crippen LogP contribution in [0.2, 0.25) is 0 Å². The summed E-state index contributed by atoms with van der Waals surface area (Å²) in [6, 6.07) is 2.98. The molecular formula is C25H30O11. The fourth-order valence-electron chi connectivity index (χ4n) is 4.21. The molecule has 0 radical (unpaired) electrons. The number of Topliss-reactive ketones (excluding diaryl/α,β-unsaturated/α-hetero) is 1. The molecule has 0 bridgehead atoms. The first-order chi connectivity index (χ1) is 17.0. The maximum atomic E-state index is 13.2. The molecule has 1 aromatic rings. The van der Waals surface area contributed by atoms with Gasteiger partial charge in [0, 0.05) is 45.2 Å². The third-order valence-electron chi connectivity index (χ3n) is 5.76. The minimum Gasteiger partial charge on any atom is -0.497 e. The van der Waals surface area contributed by atoms with Gasteiger partial charge in [0.25, 0.3) is 0 Å². The van der Waals surface area contributed by atoms with Crippen LogP contribution in [0, 0.1) is 0 Å². The third kappa shape index (κ3) is 6.81. The zero-order chi connectivity index (χ0) is 26.6. The van der Waals surface area contributed by atoms with Crippen LogP contribution in [0.15, 0.2) is 12.1 Å². The van der Waals surface area contributed by atoms with Gasteiger partial charge in [0.1, 0.15) is 29.3 Å². The lowest BCUT2D eigenvalue weighted by atomic mass is 9.95. The zero-order valence-electron chi connectivity index (χ0n) is 20.9. The first-order valence-electron chi connectivity index (χ1n) is 11.6. The van der Waals surface area contributed by atoms with Crippen molar-refractivity contribution in [2.75, 3.05) is 7.11 Å². The second-order valence-corrected chi connectivity index (χ2v) is 8.77. The summed E-state index contributed by atoms with van der Waals surface area (Å²) in [4.78, 5) is 61.5. The summed E-state index contributed by atoms with van der Waals surface area (Å²) in [5.41, 5.74) is 0.362. The molecule has 0 unspecified atom stereocenters. The molecule has 2 heterocycles. The number of fused-ring (bicyclic) bond motifs is 3. The Bertz CT molecular complexity index is 1050. The van der Waals surface area contributed by atoms with Gasteiger partial charge in [0.05, 0.1) is 19.3 Å². The highest BCUT2D eigenvalue weighted by atomic mass is 16.6. The zero-order valence-corrected chi connectivity index (χ0v) is 20.9.